The van der Waals surface area contributed by atoms with Crippen molar-refractivity contribution in [2.75, 3.05) is 5.32 Å². The number of nitrogens with one attached hydrogen (secondary N) is 1. The van der Waals surface area contributed by atoms with Crippen molar-refractivity contribution in [1.82, 2.24) is 15.2 Å². The monoisotopic (exact) mass is 300 g/mol. The first-order valence-electron chi connectivity index (χ1n) is 6.01. The second-order valence-electron chi connectivity index (χ2n) is 4.25. The Morgan fingerprint density at radius 2 is 2.10 bits per heavy atom. The largest absolute Gasteiger partial charge is 0.505 e. The van der Waals surface area contributed by atoms with Crippen molar-refractivity contribution in [2.45, 2.75) is 0 Å². The molecule has 3 aromatic rings. The maximum Gasteiger partial charge on any atom is 0.280 e. The second-order valence-corrected chi connectivity index (χ2v) is 4.69. The molecule has 0 radical (unpaired) electrons. The SMILES string of the molecule is O=C(Nc1cccnc1)c1nnc2ccc(Cl)cc2c1O. The Hall–Kier alpha value is -2.73. The molecule has 0 unspecified atom stereocenters. The van der Waals surface area contributed by atoms with Crippen LogP contribution in [0.3, 0.4) is 0 Å². The molecular formula is C14H9ClN4O2. The number of aromatic hydroxyl groups is 1. The molecule has 0 fully saturated rings. The molecule has 2 aromatic heterocycles. The number of pyridine rings is 1. The molecule has 1 amide bonds. The Morgan fingerprint density at radius 3 is 2.86 bits per heavy atom. The fourth-order valence-electron chi connectivity index (χ4n) is 1.84. The van der Waals surface area contributed by atoms with E-state index in [0.29, 0.717) is 21.6 Å². The summed E-state index contributed by atoms with van der Waals surface area (Å²) in [6, 6.07) is 8.14. The highest BCUT2D eigenvalue weighted by Gasteiger charge is 2.17. The quantitative estimate of drug-likeness (QED) is 0.759. The molecule has 0 aliphatic rings. The molecule has 21 heavy (non-hydrogen) atoms. The lowest BCUT2D eigenvalue weighted by Crippen LogP contribution is -2.14. The van der Waals surface area contributed by atoms with E-state index in [-0.39, 0.29) is 11.4 Å². The number of fused-ring (bicyclic) bond motifs is 1. The van der Waals surface area contributed by atoms with Crippen LogP contribution >= 0.6 is 11.6 Å². The van der Waals surface area contributed by atoms with E-state index in [1.165, 1.54) is 12.3 Å². The van der Waals surface area contributed by atoms with Gasteiger partial charge in [-0.3, -0.25) is 9.78 Å². The normalized spacial score (nSPS) is 10.5. The summed E-state index contributed by atoms with van der Waals surface area (Å²) in [5.74, 6) is -0.834. The van der Waals surface area contributed by atoms with Crippen molar-refractivity contribution in [3.05, 3.63) is 53.4 Å². The van der Waals surface area contributed by atoms with Crippen LogP contribution in [0, 0.1) is 0 Å². The maximum absolute atomic E-state index is 12.1. The summed E-state index contributed by atoms with van der Waals surface area (Å²) in [6.07, 6.45) is 3.07. The molecular weight excluding hydrogens is 292 g/mol. The van der Waals surface area contributed by atoms with Gasteiger partial charge in [0.05, 0.1) is 17.4 Å². The number of halogens is 1. The summed E-state index contributed by atoms with van der Waals surface area (Å²) >= 11 is 5.88. The number of aromatic nitrogens is 3. The summed E-state index contributed by atoms with van der Waals surface area (Å²) in [5.41, 5.74) is 0.776. The van der Waals surface area contributed by atoms with Gasteiger partial charge in [0.15, 0.2) is 11.4 Å². The molecule has 1 aromatic carbocycles. The first-order valence-corrected chi connectivity index (χ1v) is 6.39. The smallest absolute Gasteiger partial charge is 0.280 e. The fourth-order valence-corrected chi connectivity index (χ4v) is 2.02. The molecule has 2 N–H and O–H groups in total. The molecule has 7 heteroatoms. The number of nitrogens with zero attached hydrogens (tertiary/aromatic N) is 3. The lowest BCUT2D eigenvalue weighted by Gasteiger charge is -2.07. The first-order chi connectivity index (χ1) is 10.1. The van der Waals surface area contributed by atoms with E-state index >= 15 is 0 Å². The zero-order valence-corrected chi connectivity index (χ0v) is 11.4. The number of anilines is 1. The summed E-state index contributed by atoms with van der Waals surface area (Å²) < 4.78 is 0. The van der Waals surface area contributed by atoms with E-state index in [1.807, 2.05) is 0 Å². The predicted octanol–water partition coefficient (Wildman–Crippen LogP) is 2.64. The van der Waals surface area contributed by atoms with Crippen LogP contribution in [0.4, 0.5) is 5.69 Å². The van der Waals surface area contributed by atoms with Gasteiger partial charge in [0.1, 0.15) is 0 Å². The van der Waals surface area contributed by atoms with Crippen LogP contribution in [0.2, 0.25) is 5.02 Å². The third kappa shape index (κ3) is 2.61. The number of carbonyl (C=O) groups is 1. The van der Waals surface area contributed by atoms with Gasteiger partial charge in [-0.1, -0.05) is 11.6 Å². The second kappa shape index (κ2) is 5.34. The van der Waals surface area contributed by atoms with Gasteiger partial charge in [-0.25, -0.2) is 0 Å². The third-order valence-corrected chi connectivity index (χ3v) is 3.07. The highest BCUT2D eigenvalue weighted by atomic mass is 35.5. The lowest BCUT2D eigenvalue weighted by atomic mass is 10.2. The van der Waals surface area contributed by atoms with Gasteiger partial charge in [0, 0.05) is 16.6 Å². The van der Waals surface area contributed by atoms with E-state index in [0.717, 1.165) is 0 Å². The van der Waals surface area contributed by atoms with Gasteiger partial charge >= 0.3 is 0 Å². The van der Waals surface area contributed by atoms with Crippen molar-refractivity contribution < 1.29 is 9.90 Å². The Labute approximate surface area is 124 Å². The first kappa shape index (κ1) is 13.3. The van der Waals surface area contributed by atoms with Crippen LogP contribution in [0.15, 0.2) is 42.7 Å². The van der Waals surface area contributed by atoms with Gasteiger partial charge in [-0.05, 0) is 30.3 Å². The number of rotatable bonds is 2. The summed E-state index contributed by atoms with van der Waals surface area (Å²) in [5, 5.41) is 21.2. The van der Waals surface area contributed by atoms with Crippen LogP contribution in [0.1, 0.15) is 10.5 Å². The molecule has 6 nitrogen and oxygen atoms in total. The molecule has 0 saturated carbocycles. The Balaban J connectivity index is 2.00. The highest BCUT2D eigenvalue weighted by molar-refractivity contribution is 6.31. The molecule has 2 heterocycles. The molecule has 104 valence electrons. The summed E-state index contributed by atoms with van der Waals surface area (Å²) in [4.78, 5) is 16.0. The van der Waals surface area contributed by atoms with E-state index in [4.69, 9.17) is 11.6 Å². The minimum atomic E-state index is -0.574. The van der Waals surface area contributed by atoms with Crippen LogP contribution in [0.25, 0.3) is 10.9 Å². The van der Waals surface area contributed by atoms with Gasteiger partial charge < -0.3 is 10.4 Å². The van der Waals surface area contributed by atoms with Crippen molar-refractivity contribution in [1.29, 1.82) is 0 Å². The predicted molar refractivity (Wildman–Crippen MR) is 78.4 cm³/mol. The topological polar surface area (TPSA) is 88.0 Å². The Kier molecular flexibility index (Phi) is 3.37. The van der Waals surface area contributed by atoms with Crippen LogP contribution in [-0.4, -0.2) is 26.2 Å². The number of hydrogen-bond acceptors (Lipinski definition) is 5. The van der Waals surface area contributed by atoms with Gasteiger partial charge in [0.25, 0.3) is 5.91 Å². The molecule has 0 bridgehead atoms. The Bertz CT molecular complexity index is 824. The van der Waals surface area contributed by atoms with Crippen molar-refractivity contribution in [3.8, 4) is 5.75 Å². The lowest BCUT2D eigenvalue weighted by molar-refractivity contribution is 0.101. The molecule has 3 rings (SSSR count). The molecule has 0 aliphatic carbocycles. The third-order valence-electron chi connectivity index (χ3n) is 2.83. The molecule has 0 spiro atoms. The minimum Gasteiger partial charge on any atom is -0.505 e. The maximum atomic E-state index is 12.1. The van der Waals surface area contributed by atoms with Crippen LogP contribution in [0.5, 0.6) is 5.75 Å². The number of hydrogen-bond donors (Lipinski definition) is 2. The zero-order chi connectivity index (χ0) is 14.8. The van der Waals surface area contributed by atoms with E-state index in [1.54, 1.807) is 30.5 Å². The summed E-state index contributed by atoms with van der Waals surface area (Å²) in [6.45, 7) is 0. The number of benzene rings is 1. The highest BCUT2D eigenvalue weighted by Crippen LogP contribution is 2.28. The summed E-state index contributed by atoms with van der Waals surface area (Å²) in [7, 11) is 0. The minimum absolute atomic E-state index is 0.173. The zero-order valence-electron chi connectivity index (χ0n) is 10.6. The standard InChI is InChI=1S/C14H9ClN4O2/c15-8-3-4-11-10(6-8)13(20)12(19-18-11)14(21)17-9-2-1-5-16-7-9/h1-7H,(H,17,21)(H,18,20). The Morgan fingerprint density at radius 1 is 1.24 bits per heavy atom. The average molecular weight is 301 g/mol. The van der Waals surface area contributed by atoms with E-state index in [2.05, 4.69) is 20.5 Å². The van der Waals surface area contributed by atoms with Crippen LogP contribution in [-0.2, 0) is 0 Å². The van der Waals surface area contributed by atoms with Gasteiger partial charge in [-0.15, -0.1) is 10.2 Å². The van der Waals surface area contributed by atoms with E-state index in [9.17, 15) is 9.90 Å². The van der Waals surface area contributed by atoms with Gasteiger partial charge in [-0.2, -0.15) is 0 Å². The average Bonchev–Trinajstić information content (AvgIpc) is 2.49. The van der Waals surface area contributed by atoms with E-state index < -0.39 is 5.91 Å². The van der Waals surface area contributed by atoms with Crippen molar-refractivity contribution in [2.24, 2.45) is 0 Å². The van der Waals surface area contributed by atoms with Crippen molar-refractivity contribution in [3.63, 3.8) is 0 Å². The molecule has 0 aliphatic heterocycles. The van der Waals surface area contributed by atoms with Gasteiger partial charge in [0.2, 0.25) is 0 Å². The fraction of sp³-hybridized carbons (Fsp3) is 0. The number of amides is 1. The molecule has 0 atom stereocenters. The van der Waals surface area contributed by atoms with Crippen molar-refractivity contribution >= 4 is 34.1 Å². The van der Waals surface area contributed by atoms with Crippen LogP contribution < -0.4 is 5.32 Å². The number of carbonyl (C=O) groups excluding carboxylic acids is 1. The molecule has 0 saturated heterocycles.